The quantitative estimate of drug-likeness (QED) is 0.797. The number of likely N-dealkylation sites (tertiary alicyclic amines) is 1. The first-order chi connectivity index (χ1) is 10.4. The highest BCUT2D eigenvalue weighted by Crippen LogP contribution is 2.45. The van der Waals surface area contributed by atoms with Gasteiger partial charge in [-0.3, -0.25) is 0 Å². The molecule has 2 atom stereocenters. The number of rotatable bonds is 1. The van der Waals surface area contributed by atoms with Crippen LogP contribution < -0.4 is 4.74 Å². The van der Waals surface area contributed by atoms with Crippen molar-refractivity contribution in [2.24, 2.45) is 0 Å². The van der Waals surface area contributed by atoms with Crippen LogP contribution in [-0.2, 0) is 10.9 Å². The van der Waals surface area contributed by atoms with E-state index in [-0.39, 0.29) is 17.8 Å². The van der Waals surface area contributed by atoms with E-state index >= 15 is 0 Å². The zero-order valence-electron chi connectivity index (χ0n) is 12.0. The Morgan fingerprint density at radius 2 is 2.23 bits per heavy atom. The Hall–Kier alpha value is -1.92. The van der Waals surface area contributed by atoms with E-state index in [0.717, 1.165) is 17.7 Å². The number of halogens is 3. The van der Waals surface area contributed by atoms with Gasteiger partial charge in [-0.2, -0.15) is 13.2 Å². The third-order valence-corrected chi connectivity index (χ3v) is 4.10. The lowest BCUT2D eigenvalue weighted by molar-refractivity contribution is -0.137. The van der Waals surface area contributed by atoms with Crippen LogP contribution in [0.1, 0.15) is 30.4 Å². The Labute approximate surface area is 125 Å². The van der Waals surface area contributed by atoms with E-state index in [9.17, 15) is 18.0 Å². The molecule has 1 aromatic rings. The summed E-state index contributed by atoms with van der Waals surface area (Å²) in [5.74, 6) is 0.304. The van der Waals surface area contributed by atoms with Gasteiger partial charge >= 0.3 is 12.3 Å². The van der Waals surface area contributed by atoms with Crippen molar-refractivity contribution in [3.8, 4) is 5.75 Å². The largest absolute Gasteiger partial charge is 0.488 e. The first-order valence-corrected chi connectivity index (χ1v) is 7.19. The lowest BCUT2D eigenvalue weighted by Crippen LogP contribution is -2.46. The molecule has 4 nitrogen and oxygen atoms in total. The molecule has 2 aliphatic rings. The monoisotopic (exact) mass is 315 g/mol. The maximum absolute atomic E-state index is 12.8. The number of benzene rings is 1. The summed E-state index contributed by atoms with van der Waals surface area (Å²) in [7, 11) is 0. The Morgan fingerprint density at radius 3 is 2.91 bits per heavy atom. The second-order valence-corrected chi connectivity index (χ2v) is 5.45. The molecule has 0 aromatic heterocycles. The van der Waals surface area contributed by atoms with Crippen LogP contribution in [0.3, 0.4) is 0 Å². The fourth-order valence-corrected chi connectivity index (χ4v) is 3.05. The van der Waals surface area contributed by atoms with E-state index in [1.54, 1.807) is 11.8 Å². The minimum absolute atomic E-state index is 0.0305. The number of alkyl halides is 3. The molecule has 1 saturated heterocycles. The van der Waals surface area contributed by atoms with Crippen LogP contribution in [-0.4, -0.2) is 36.8 Å². The lowest BCUT2D eigenvalue weighted by atomic mass is 9.88. The third-order valence-electron chi connectivity index (χ3n) is 4.10. The van der Waals surface area contributed by atoms with E-state index in [1.807, 2.05) is 0 Å². The van der Waals surface area contributed by atoms with Crippen LogP contribution in [0.15, 0.2) is 18.2 Å². The highest BCUT2D eigenvalue weighted by atomic mass is 19.4. The summed E-state index contributed by atoms with van der Waals surface area (Å²) in [5, 5.41) is 0. The average molecular weight is 315 g/mol. The van der Waals surface area contributed by atoms with Gasteiger partial charge in [-0.25, -0.2) is 4.79 Å². The summed E-state index contributed by atoms with van der Waals surface area (Å²) in [6, 6.07) is 3.62. The molecule has 0 aliphatic carbocycles. The molecule has 1 fully saturated rings. The van der Waals surface area contributed by atoms with Gasteiger partial charge in [0.05, 0.1) is 18.7 Å². The molecular weight excluding hydrogens is 299 g/mol. The van der Waals surface area contributed by atoms with Gasteiger partial charge in [0.25, 0.3) is 0 Å². The molecule has 1 amide bonds. The number of fused-ring (bicyclic) bond motifs is 3. The van der Waals surface area contributed by atoms with E-state index in [0.29, 0.717) is 26.1 Å². The maximum Gasteiger partial charge on any atom is 0.416 e. The molecule has 120 valence electrons. The van der Waals surface area contributed by atoms with Crippen LogP contribution in [0.5, 0.6) is 5.75 Å². The number of carbonyl (C=O) groups is 1. The highest BCUT2D eigenvalue weighted by molar-refractivity contribution is 5.68. The Balaban J connectivity index is 1.77. The van der Waals surface area contributed by atoms with Crippen LogP contribution in [0.25, 0.3) is 0 Å². The predicted molar refractivity (Wildman–Crippen MR) is 71.8 cm³/mol. The van der Waals surface area contributed by atoms with Crippen molar-refractivity contribution in [3.05, 3.63) is 29.3 Å². The molecule has 2 aliphatic heterocycles. The topological polar surface area (TPSA) is 38.8 Å². The fourth-order valence-electron chi connectivity index (χ4n) is 3.05. The molecule has 3 rings (SSSR count). The van der Waals surface area contributed by atoms with E-state index in [1.165, 1.54) is 6.07 Å². The summed E-state index contributed by atoms with van der Waals surface area (Å²) in [6.07, 6.45) is -4.45. The second-order valence-electron chi connectivity index (χ2n) is 5.45. The molecule has 2 heterocycles. The highest BCUT2D eigenvalue weighted by Gasteiger charge is 2.42. The molecule has 7 heteroatoms. The average Bonchev–Trinajstić information content (AvgIpc) is 2.83. The van der Waals surface area contributed by atoms with Gasteiger partial charge in [0.15, 0.2) is 0 Å². The smallest absolute Gasteiger partial charge is 0.416 e. The number of amides is 1. The summed E-state index contributed by atoms with van der Waals surface area (Å²) in [4.78, 5) is 13.3. The number of piperidine rings is 1. The van der Waals surface area contributed by atoms with Crippen LogP contribution in [0.2, 0.25) is 0 Å². The first-order valence-electron chi connectivity index (χ1n) is 7.19. The molecule has 0 bridgehead atoms. The van der Waals surface area contributed by atoms with E-state index < -0.39 is 17.8 Å². The van der Waals surface area contributed by atoms with Crippen LogP contribution in [0.4, 0.5) is 18.0 Å². The second kappa shape index (κ2) is 5.37. The Kier molecular flexibility index (Phi) is 3.66. The standard InChI is InChI=1S/C15H16F3NO3/c1-2-21-14(20)19-6-5-11-10-4-3-9(15(16,17)18)7-12(10)22-13(11)8-19/h3-4,7,11,13H,2,5-6,8H2,1H3/t11-,13-/m0/s1. The summed E-state index contributed by atoms with van der Waals surface area (Å²) >= 11 is 0. The fraction of sp³-hybridized carbons (Fsp3) is 0.533. The number of hydrogen-bond acceptors (Lipinski definition) is 3. The zero-order chi connectivity index (χ0) is 15.9. The van der Waals surface area contributed by atoms with Gasteiger partial charge in [-0.05, 0) is 25.5 Å². The number of hydrogen-bond donors (Lipinski definition) is 0. The normalized spacial score (nSPS) is 23.5. The third kappa shape index (κ3) is 2.60. The van der Waals surface area contributed by atoms with Crippen molar-refractivity contribution in [3.63, 3.8) is 0 Å². The molecule has 22 heavy (non-hydrogen) atoms. The van der Waals surface area contributed by atoms with Gasteiger partial charge in [0.1, 0.15) is 11.9 Å². The van der Waals surface area contributed by atoms with E-state index in [4.69, 9.17) is 9.47 Å². The van der Waals surface area contributed by atoms with Crippen molar-refractivity contribution >= 4 is 6.09 Å². The van der Waals surface area contributed by atoms with E-state index in [2.05, 4.69) is 0 Å². The van der Waals surface area contributed by atoms with Crippen molar-refractivity contribution < 1.29 is 27.4 Å². The van der Waals surface area contributed by atoms with Crippen molar-refractivity contribution in [1.82, 2.24) is 4.90 Å². The van der Waals surface area contributed by atoms with Gasteiger partial charge in [0.2, 0.25) is 0 Å². The van der Waals surface area contributed by atoms with Crippen LogP contribution >= 0.6 is 0 Å². The Morgan fingerprint density at radius 1 is 1.45 bits per heavy atom. The molecule has 1 aromatic carbocycles. The summed E-state index contributed by atoms with van der Waals surface area (Å²) in [6.45, 7) is 2.87. The SMILES string of the molecule is CCOC(=O)N1CC[C@H]2c3ccc(C(F)(F)F)cc3O[C@H]2C1. The zero-order valence-corrected chi connectivity index (χ0v) is 12.0. The van der Waals surface area contributed by atoms with Gasteiger partial charge in [0, 0.05) is 18.0 Å². The van der Waals surface area contributed by atoms with Gasteiger partial charge in [-0.1, -0.05) is 6.07 Å². The molecule has 0 N–H and O–H groups in total. The molecule has 0 spiro atoms. The summed E-state index contributed by atoms with van der Waals surface area (Å²) in [5.41, 5.74) is 0.0775. The van der Waals surface area contributed by atoms with Crippen molar-refractivity contribution in [1.29, 1.82) is 0 Å². The predicted octanol–water partition coefficient (Wildman–Crippen LogP) is 3.41. The first kappa shape index (κ1) is 15.0. The molecular formula is C15H16F3NO3. The van der Waals surface area contributed by atoms with Crippen molar-refractivity contribution in [2.45, 2.75) is 31.5 Å². The number of carbonyl (C=O) groups excluding carboxylic acids is 1. The summed E-state index contributed by atoms with van der Waals surface area (Å²) < 4.78 is 48.9. The number of nitrogens with zero attached hydrogens (tertiary/aromatic N) is 1. The number of ether oxygens (including phenoxy) is 2. The van der Waals surface area contributed by atoms with Crippen molar-refractivity contribution in [2.75, 3.05) is 19.7 Å². The lowest BCUT2D eigenvalue weighted by Gasteiger charge is -2.33. The van der Waals surface area contributed by atoms with Crippen LogP contribution in [0, 0.1) is 0 Å². The Bertz CT molecular complexity index is 588. The molecule has 0 saturated carbocycles. The van der Waals surface area contributed by atoms with Gasteiger partial charge in [-0.15, -0.1) is 0 Å². The molecule has 0 radical (unpaired) electrons. The minimum Gasteiger partial charge on any atom is -0.488 e. The molecule has 0 unspecified atom stereocenters. The minimum atomic E-state index is -4.39. The van der Waals surface area contributed by atoms with Gasteiger partial charge < -0.3 is 14.4 Å². The maximum atomic E-state index is 12.8.